The Labute approximate surface area is 164 Å². The first-order valence-corrected chi connectivity index (χ1v) is 10.8. The van der Waals surface area contributed by atoms with Gasteiger partial charge < -0.3 is 15.1 Å². The Hall–Kier alpha value is -1.53. The molecule has 6 nitrogen and oxygen atoms in total. The molecule has 2 atom stereocenters. The average Bonchev–Trinajstić information content (AvgIpc) is 3.42. The van der Waals surface area contributed by atoms with E-state index >= 15 is 0 Å². The number of guanidine groups is 1. The van der Waals surface area contributed by atoms with Crippen LogP contribution in [0.1, 0.15) is 57.3 Å². The number of furan rings is 1. The highest BCUT2D eigenvalue weighted by molar-refractivity contribution is 5.79. The second-order valence-corrected chi connectivity index (χ2v) is 7.77. The van der Waals surface area contributed by atoms with Gasteiger partial charge in [0.2, 0.25) is 0 Å². The van der Waals surface area contributed by atoms with E-state index in [1.54, 1.807) is 6.26 Å². The molecule has 2 N–H and O–H groups in total. The molecule has 1 aromatic rings. The van der Waals surface area contributed by atoms with Crippen molar-refractivity contribution in [1.82, 2.24) is 20.4 Å². The van der Waals surface area contributed by atoms with Gasteiger partial charge in [-0.25, -0.2) is 0 Å². The van der Waals surface area contributed by atoms with Crippen LogP contribution in [0.5, 0.6) is 0 Å². The zero-order chi connectivity index (χ0) is 18.9. The third kappa shape index (κ3) is 5.72. The minimum absolute atomic E-state index is 0.263. The predicted octanol–water partition coefficient (Wildman–Crippen LogP) is 2.85. The van der Waals surface area contributed by atoms with Crippen LogP contribution >= 0.6 is 0 Å². The first-order chi connectivity index (χ1) is 13.3. The van der Waals surface area contributed by atoms with Crippen LogP contribution in [-0.4, -0.2) is 68.1 Å². The lowest BCUT2D eigenvalue weighted by molar-refractivity contribution is 0.146. The maximum Gasteiger partial charge on any atom is 0.191 e. The summed E-state index contributed by atoms with van der Waals surface area (Å²) in [5, 5.41) is 7.09. The third-order valence-corrected chi connectivity index (χ3v) is 6.02. The van der Waals surface area contributed by atoms with E-state index < -0.39 is 0 Å². The molecular weight excluding hydrogens is 338 g/mol. The lowest BCUT2D eigenvalue weighted by Crippen LogP contribution is -2.48. The summed E-state index contributed by atoms with van der Waals surface area (Å²) in [5.41, 5.74) is 0. The van der Waals surface area contributed by atoms with Crippen LogP contribution in [0.4, 0.5) is 0 Å². The number of hydrogen-bond acceptors (Lipinski definition) is 4. The van der Waals surface area contributed by atoms with E-state index in [0.717, 1.165) is 37.9 Å². The predicted molar refractivity (Wildman–Crippen MR) is 111 cm³/mol. The Morgan fingerprint density at radius 2 is 1.70 bits per heavy atom. The maximum absolute atomic E-state index is 5.75. The molecule has 3 heterocycles. The van der Waals surface area contributed by atoms with Crippen LogP contribution in [0, 0.1) is 0 Å². The Kier molecular flexibility index (Phi) is 8.02. The van der Waals surface area contributed by atoms with E-state index in [4.69, 9.17) is 4.42 Å². The number of aliphatic imine (C=N–C) groups is 1. The second-order valence-electron chi connectivity index (χ2n) is 7.77. The number of rotatable bonds is 8. The Balaban J connectivity index is 1.52. The number of piperidine rings is 1. The first-order valence-electron chi connectivity index (χ1n) is 10.8. The molecule has 0 saturated carbocycles. The highest BCUT2D eigenvalue weighted by Crippen LogP contribution is 2.24. The van der Waals surface area contributed by atoms with Gasteiger partial charge in [0.05, 0.1) is 12.3 Å². The number of likely N-dealkylation sites (tertiary alicyclic amines) is 2. The molecule has 152 valence electrons. The molecule has 0 aromatic carbocycles. The zero-order valence-corrected chi connectivity index (χ0v) is 17.1. The van der Waals surface area contributed by atoms with Gasteiger partial charge in [-0.3, -0.25) is 14.8 Å². The molecule has 0 amide bonds. The van der Waals surface area contributed by atoms with Crippen molar-refractivity contribution in [2.75, 3.05) is 46.3 Å². The quantitative estimate of drug-likeness (QED) is 0.540. The van der Waals surface area contributed by atoms with E-state index in [2.05, 4.69) is 38.4 Å². The van der Waals surface area contributed by atoms with Gasteiger partial charge in [0.15, 0.2) is 5.96 Å². The summed E-state index contributed by atoms with van der Waals surface area (Å²) < 4.78 is 5.75. The second kappa shape index (κ2) is 10.7. The van der Waals surface area contributed by atoms with Crippen LogP contribution in [0.15, 0.2) is 27.8 Å². The average molecular weight is 376 g/mol. The highest BCUT2D eigenvalue weighted by Gasteiger charge is 2.25. The highest BCUT2D eigenvalue weighted by atomic mass is 16.3. The fourth-order valence-electron chi connectivity index (χ4n) is 4.39. The summed E-state index contributed by atoms with van der Waals surface area (Å²) in [6, 6.07) is 4.94. The number of hydrogen-bond donors (Lipinski definition) is 2. The summed E-state index contributed by atoms with van der Waals surface area (Å²) in [4.78, 5) is 9.60. The van der Waals surface area contributed by atoms with Gasteiger partial charge in [-0.15, -0.1) is 0 Å². The van der Waals surface area contributed by atoms with Crippen molar-refractivity contribution in [2.45, 2.75) is 57.5 Å². The molecular formula is C21H37N5O. The fourth-order valence-corrected chi connectivity index (χ4v) is 4.39. The van der Waals surface area contributed by atoms with Gasteiger partial charge in [0, 0.05) is 26.2 Å². The van der Waals surface area contributed by atoms with Crippen molar-refractivity contribution in [3.8, 4) is 0 Å². The summed E-state index contributed by atoms with van der Waals surface area (Å²) in [7, 11) is 1.86. The number of nitrogens with one attached hydrogen (secondary N) is 2. The minimum Gasteiger partial charge on any atom is -0.468 e. The lowest BCUT2D eigenvalue weighted by Gasteiger charge is -2.34. The SMILES string of the molecule is CCC(CNC(=NC)NCC(c1ccco1)N1CCCCC1)N1CCCC1. The van der Waals surface area contributed by atoms with Gasteiger partial charge in [-0.05, 0) is 70.4 Å². The van der Waals surface area contributed by atoms with Crippen LogP contribution < -0.4 is 10.6 Å². The molecule has 2 fully saturated rings. The molecule has 2 aliphatic rings. The van der Waals surface area contributed by atoms with Gasteiger partial charge in [0.25, 0.3) is 0 Å². The molecule has 2 unspecified atom stereocenters. The molecule has 0 radical (unpaired) electrons. The smallest absolute Gasteiger partial charge is 0.191 e. The van der Waals surface area contributed by atoms with Gasteiger partial charge in [-0.2, -0.15) is 0 Å². The van der Waals surface area contributed by atoms with Gasteiger partial charge in [-0.1, -0.05) is 13.3 Å². The summed E-state index contributed by atoms with van der Waals surface area (Å²) in [6.45, 7) is 8.81. The Morgan fingerprint density at radius 1 is 1.04 bits per heavy atom. The summed E-state index contributed by atoms with van der Waals surface area (Å²) >= 11 is 0. The minimum atomic E-state index is 0.263. The van der Waals surface area contributed by atoms with Crippen molar-refractivity contribution in [1.29, 1.82) is 0 Å². The van der Waals surface area contributed by atoms with Gasteiger partial charge in [0.1, 0.15) is 5.76 Å². The third-order valence-electron chi connectivity index (χ3n) is 6.02. The fraction of sp³-hybridized carbons (Fsp3) is 0.762. The van der Waals surface area contributed by atoms with Crippen molar-refractivity contribution in [3.05, 3.63) is 24.2 Å². The van der Waals surface area contributed by atoms with Crippen LogP contribution in [0.2, 0.25) is 0 Å². The molecule has 6 heteroatoms. The largest absolute Gasteiger partial charge is 0.468 e. The van der Waals surface area contributed by atoms with Crippen LogP contribution in [0.3, 0.4) is 0 Å². The van der Waals surface area contributed by atoms with E-state index in [1.165, 1.54) is 51.6 Å². The van der Waals surface area contributed by atoms with E-state index in [1.807, 2.05) is 13.1 Å². The zero-order valence-electron chi connectivity index (χ0n) is 17.1. The normalized spacial score (nSPS) is 21.9. The molecule has 27 heavy (non-hydrogen) atoms. The molecule has 1 aromatic heterocycles. The molecule has 0 aliphatic carbocycles. The van der Waals surface area contributed by atoms with Crippen molar-refractivity contribution >= 4 is 5.96 Å². The summed E-state index contributed by atoms with van der Waals surface area (Å²) in [6.07, 6.45) is 9.52. The maximum atomic E-state index is 5.75. The van der Waals surface area contributed by atoms with E-state index in [0.29, 0.717) is 6.04 Å². The molecule has 0 bridgehead atoms. The van der Waals surface area contributed by atoms with Crippen molar-refractivity contribution < 1.29 is 4.42 Å². The standard InChI is InChI=1S/C21H37N5O/c1-3-18(25-11-7-8-12-25)16-23-21(22-2)24-17-19(20-10-9-15-27-20)26-13-5-4-6-14-26/h9-10,15,18-19H,3-8,11-14,16-17H2,1-2H3,(H2,22,23,24). The van der Waals surface area contributed by atoms with Crippen LogP contribution in [0.25, 0.3) is 0 Å². The van der Waals surface area contributed by atoms with Crippen molar-refractivity contribution in [3.63, 3.8) is 0 Å². The summed E-state index contributed by atoms with van der Waals surface area (Å²) in [5.74, 6) is 1.93. The van der Waals surface area contributed by atoms with Crippen LogP contribution in [-0.2, 0) is 0 Å². The molecule has 3 rings (SSSR count). The Bertz CT molecular complexity index is 547. The van der Waals surface area contributed by atoms with Gasteiger partial charge >= 0.3 is 0 Å². The molecule has 0 spiro atoms. The monoisotopic (exact) mass is 375 g/mol. The van der Waals surface area contributed by atoms with E-state index in [-0.39, 0.29) is 6.04 Å². The van der Waals surface area contributed by atoms with E-state index in [9.17, 15) is 0 Å². The lowest BCUT2D eigenvalue weighted by atomic mass is 10.1. The Morgan fingerprint density at radius 3 is 2.33 bits per heavy atom. The topological polar surface area (TPSA) is 56.0 Å². The molecule has 2 aliphatic heterocycles. The first kappa shape index (κ1) is 20.2. The number of nitrogens with zero attached hydrogens (tertiary/aromatic N) is 3. The molecule has 2 saturated heterocycles. The van der Waals surface area contributed by atoms with Crippen molar-refractivity contribution in [2.24, 2.45) is 4.99 Å².